The molecule has 2 heterocycles. The van der Waals surface area contributed by atoms with Crippen LogP contribution in [0.25, 0.3) is 10.8 Å². The van der Waals surface area contributed by atoms with Crippen LogP contribution in [0.3, 0.4) is 0 Å². The van der Waals surface area contributed by atoms with Gasteiger partial charge in [0.1, 0.15) is 5.00 Å². The Bertz CT molecular complexity index is 1410. The number of aromatic nitrogens is 1. The molecule has 1 fully saturated rings. The van der Waals surface area contributed by atoms with Crippen LogP contribution < -0.4 is 16.4 Å². The van der Waals surface area contributed by atoms with Gasteiger partial charge in [0.05, 0.1) is 0 Å². The number of primary amides is 1. The third-order valence-corrected chi connectivity index (χ3v) is 7.50. The van der Waals surface area contributed by atoms with Crippen LogP contribution >= 0.6 is 11.3 Å². The number of thiazole rings is 1. The monoisotopic (exact) mass is 514 g/mol. The molecule has 0 radical (unpaired) electrons. The second-order valence-corrected chi connectivity index (χ2v) is 10.3. The normalized spacial score (nSPS) is 14.5. The van der Waals surface area contributed by atoms with Crippen molar-refractivity contribution in [2.45, 2.75) is 6.42 Å². The molecule has 1 saturated heterocycles. The molecule has 37 heavy (non-hydrogen) atoms. The molecule has 0 saturated carbocycles. The number of amides is 2. The van der Waals surface area contributed by atoms with Gasteiger partial charge in [-0.15, -0.1) is 0 Å². The maximum absolute atomic E-state index is 12.9. The van der Waals surface area contributed by atoms with Gasteiger partial charge in [-0.1, -0.05) is 53.8 Å². The Kier molecular flexibility index (Phi) is 7.45. The molecule has 4 N–H and O–H groups in total. The summed E-state index contributed by atoms with van der Waals surface area (Å²) in [7, 11) is 2.15. The van der Waals surface area contributed by atoms with E-state index in [0.29, 0.717) is 15.7 Å². The average molecular weight is 515 g/mol. The molecule has 0 bridgehead atoms. The molecule has 9 heteroatoms. The third-order valence-electron chi connectivity index (χ3n) is 6.62. The highest BCUT2D eigenvalue weighted by molar-refractivity contribution is 7.20. The maximum atomic E-state index is 12.9. The van der Waals surface area contributed by atoms with Gasteiger partial charge in [-0.05, 0) is 54.1 Å². The molecular formula is C28H30N6O2S. The van der Waals surface area contributed by atoms with E-state index in [1.165, 1.54) is 16.9 Å². The minimum Gasteiger partial charge on any atom is -0.364 e. The lowest BCUT2D eigenvalue weighted by molar-refractivity contribution is 0.0997. The minimum atomic E-state index is -0.697. The number of anilines is 3. The summed E-state index contributed by atoms with van der Waals surface area (Å²) in [5.74, 6) is -1.01. The van der Waals surface area contributed by atoms with E-state index in [-0.39, 0.29) is 11.6 Å². The van der Waals surface area contributed by atoms with Crippen LogP contribution in [0.2, 0.25) is 0 Å². The van der Waals surface area contributed by atoms with Gasteiger partial charge in [-0.2, -0.15) is 0 Å². The number of likely N-dealkylation sites (N-methyl/N-ethyl adjacent to an activating group) is 1. The molecular weight excluding hydrogens is 484 g/mol. The van der Waals surface area contributed by atoms with Gasteiger partial charge in [0.2, 0.25) is 0 Å². The van der Waals surface area contributed by atoms with Crippen LogP contribution in [0.5, 0.6) is 0 Å². The zero-order chi connectivity index (χ0) is 25.8. The van der Waals surface area contributed by atoms with Crippen LogP contribution in [0, 0.1) is 0 Å². The van der Waals surface area contributed by atoms with Gasteiger partial charge in [-0.3, -0.25) is 9.59 Å². The summed E-state index contributed by atoms with van der Waals surface area (Å²) in [6, 6.07) is 21.6. The molecule has 1 aliphatic heterocycles. The fraction of sp³-hybridized carbons (Fsp3) is 0.250. The largest absolute Gasteiger partial charge is 0.364 e. The Morgan fingerprint density at radius 1 is 0.973 bits per heavy atom. The molecule has 0 spiro atoms. The number of piperazine rings is 1. The summed E-state index contributed by atoms with van der Waals surface area (Å²) in [6.45, 7) is 5.39. The Morgan fingerprint density at radius 3 is 2.43 bits per heavy atom. The first-order valence-electron chi connectivity index (χ1n) is 12.3. The zero-order valence-corrected chi connectivity index (χ0v) is 21.6. The number of nitrogens with two attached hydrogens (primary N) is 1. The quantitative estimate of drug-likeness (QED) is 0.326. The van der Waals surface area contributed by atoms with Crippen molar-refractivity contribution in [3.8, 4) is 0 Å². The van der Waals surface area contributed by atoms with Gasteiger partial charge in [0.25, 0.3) is 11.8 Å². The lowest BCUT2D eigenvalue weighted by Crippen LogP contribution is -2.45. The van der Waals surface area contributed by atoms with Gasteiger partial charge < -0.3 is 26.2 Å². The highest BCUT2D eigenvalue weighted by Gasteiger charge is 2.19. The second-order valence-electron chi connectivity index (χ2n) is 9.29. The fourth-order valence-electron chi connectivity index (χ4n) is 4.37. The number of benzene rings is 3. The van der Waals surface area contributed by atoms with Crippen LogP contribution in [-0.4, -0.2) is 66.4 Å². The summed E-state index contributed by atoms with van der Waals surface area (Å²) in [5, 5.41) is 9.03. The number of carbonyl (C=O) groups is 2. The number of nitrogens with zero attached hydrogens (tertiary/aromatic N) is 3. The van der Waals surface area contributed by atoms with E-state index in [2.05, 4.69) is 32.5 Å². The SMILES string of the molecule is CN1CCN(CCc2ccc(C(=O)Nc3sc(Nc4ccc5ccccc5c4)nc3C(N)=O)cc2)CC1. The summed E-state index contributed by atoms with van der Waals surface area (Å²) < 4.78 is 0. The van der Waals surface area contributed by atoms with Crippen molar-refractivity contribution in [3.05, 3.63) is 83.6 Å². The Hall–Kier alpha value is -3.79. The van der Waals surface area contributed by atoms with Crippen molar-refractivity contribution in [1.29, 1.82) is 0 Å². The summed E-state index contributed by atoms with van der Waals surface area (Å²) in [5.41, 5.74) is 8.11. The zero-order valence-electron chi connectivity index (χ0n) is 20.7. The van der Waals surface area contributed by atoms with Crippen LogP contribution in [0.15, 0.2) is 66.7 Å². The van der Waals surface area contributed by atoms with Crippen molar-refractivity contribution in [2.75, 3.05) is 50.4 Å². The van der Waals surface area contributed by atoms with Crippen LogP contribution in [0.1, 0.15) is 26.4 Å². The lowest BCUT2D eigenvalue weighted by atomic mass is 10.1. The van der Waals surface area contributed by atoms with E-state index in [0.717, 1.165) is 55.6 Å². The first-order valence-corrected chi connectivity index (χ1v) is 13.1. The van der Waals surface area contributed by atoms with Crippen molar-refractivity contribution in [1.82, 2.24) is 14.8 Å². The molecule has 2 amide bonds. The molecule has 1 aliphatic rings. The summed E-state index contributed by atoms with van der Waals surface area (Å²) in [6.07, 6.45) is 0.941. The Balaban J connectivity index is 1.23. The number of hydrogen-bond donors (Lipinski definition) is 3. The van der Waals surface area contributed by atoms with Crippen LogP contribution in [-0.2, 0) is 6.42 Å². The van der Waals surface area contributed by atoms with Crippen molar-refractivity contribution in [3.63, 3.8) is 0 Å². The first kappa shape index (κ1) is 24.9. The van der Waals surface area contributed by atoms with E-state index in [4.69, 9.17) is 5.73 Å². The minimum absolute atomic E-state index is 0.0328. The molecule has 5 rings (SSSR count). The molecule has 0 atom stereocenters. The van der Waals surface area contributed by atoms with Gasteiger partial charge in [0.15, 0.2) is 10.8 Å². The van der Waals surface area contributed by atoms with Crippen molar-refractivity contribution >= 4 is 49.7 Å². The van der Waals surface area contributed by atoms with E-state index in [9.17, 15) is 9.59 Å². The molecule has 1 aromatic heterocycles. The predicted octanol–water partition coefficient (Wildman–Crippen LogP) is 4.18. The molecule has 3 aromatic carbocycles. The Labute approximate surface area is 220 Å². The Morgan fingerprint density at radius 2 is 1.70 bits per heavy atom. The molecule has 0 unspecified atom stereocenters. The second kappa shape index (κ2) is 11.1. The first-order chi connectivity index (χ1) is 17.9. The van der Waals surface area contributed by atoms with Gasteiger partial charge in [0, 0.05) is 44.0 Å². The molecule has 4 aromatic rings. The van der Waals surface area contributed by atoms with Gasteiger partial charge in [-0.25, -0.2) is 4.98 Å². The summed E-state index contributed by atoms with van der Waals surface area (Å²) >= 11 is 1.17. The number of hydrogen-bond acceptors (Lipinski definition) is 7. The number of carbonyl (C=O) groups excluding carboxylic acids is 2. The highest BCUT2D eigenvalue weighted by atomic mass is 32.1. The van der Waals surface area contributed by atoms with E-state index < -0.39 is 5.91 Å². The number of rotatable bonds is 8. The van der Waals surface area contributed by atoms with Crippen LogP contribution in [0.4, 0.5) is 15.8 Å². The maximum Gasteiger partial charge on any atom is 0.270 e. The van der Waals surface area contributed by atoms with E-state index >= 15 is 0 Å². The van der Waals surface area contributed by atoms with Crippen molar-refractivity contribution in [2.24, 2.45) is 5.73 Å². The molecule has 190 valence electrons. The number of fused-ring (bicyclic) bond motifs is 1. The molecule has 8 nitrogen and oxygen atoms in total. The van der Waals surface area contributed by atoms with Gasteiger partial charge >= 0.3 is 0 Å². The lowest BCUT2D eigenvalue weighted by Gasteiger charge is -2.32. The fourth-order valence-corrected chi connectivity index (χ4v) is 5.26. The topological polar surface area (TPSA) is 104 Å². The number of nitrogens with one attached hydrogen (secondary N) is 2. The van der Waals surface area contributed by atoms with E-state index in [1.807, 2.05) is 66.7 Å². The van der Waals surface area contributed by atoms with E-state index in [1.54, 1.807) is 0 Å². The highest BCUT2D eigenvalue weighted by Crippen LogP contribution is 2.32. The standard InChI is InChI=1S/C28H30N6O2S/c1-33-14-16-34(17-15-33)13-12-19-6-8-21(9-7-19)26(36)32-27-24(25(29)35)31-28(37-27)30-23-11-10-20-4-2-3-5-22(20)18-23/h2-11,18H,12-17H2,1H3,(H2,29,35)(H,30,31)(H,32,36). The van der Waals surface area contributed by atoms with Crippen molar-refractivity contribution < 1.29 is 9.59 Å². The third kappa shape index (κ3) is 6.14. The predicted molar refractivity (Wildman–Crippen MR) is 150 cm³/mol. The summed E-state index contributed by atoms with van der Waals surface area (Å²) in [4.78, 5) is 34.1. The smallest absolute Gasteiger partial charge is 0.270 e. The molecule has 0 aliphatic carbocycles. The average Bonchev–Trinajstić information content (AvgIpc) is 3.30.